The van der Waals surface area contributed by atoms with E-state index in [0.29, 0.717) is 4.96 Å². The number of aromatic nitrogens is 2. The summed E-state index contributed by atoms with van der Waals surface area (Å²) in [5.74, 6) is 0.225. The van der Waals surface area contributed by atoms with Crippen LogP contribution in [0.4, 0.5) is 14.6 Å². The summed E-state index contributed by atoms with van der Waals surface area (Å²) in [5, 5.41) is 4.42. The molecule has 0 saturated heterocycles. The molecule has 2 aromatic rings. The molecule has 0 saturated carbocycles. The van der Waals surface area contributed by atoms with Crippen LogP contribution < -0.4 is 10.0 Å². The van der Waals surface area contributed by atoms with E-state index in [4.69, 9.17) is 0 Å². The fraction of sp³-hybridized carbons (Fsp3) is 0.500. The summed E-state index contributed by atoms with van der Waals surface area (Å²) in [6.07, 6.45) is -0.979. The van der Waals surface area contributed by atoms with E-state index < -0.39 is 23.1 Å². The van der Waals surface area contributed by atoms with Gasteiger partial charge in [0.25, 0.3) is 16.4 Å². The van der Waals surface area contributed by atoms with Crippen LogP contribution >= 0.6 is 11.3 Å². The third-order valence-electron chi connectivity index (χ3n) is 2.49. The average Bonchev–Trinajstić information content (AvgIpc) is 2.96. The predicted molar refractivity (Wildman–Crippen MR) is 74.6 cm³/mol. The van der Waals surface area contributed by atoms with Gasteiger partial charge in [0.1, 0.15) is 6.61 Å². The van der Waals surface area contributed by atoms with Crippen LogP contribution in [0.3, 0.4) is 0 Å². The molecule has 0 fully saturated rings. The van der Waals surface area contributed by atoms with Crippen LogP contribution in [0.1, 0.15) is 0 Å². The molecule has 0 amide bonds. The maximum atomic E-state index is 12.3. The van der Waals surface area contributed by atoms with E-state index in [0.717, 1.165) is 0 Å². The first-order valence-electron chi connectivity index (χ1n) is 5.94. The molecule has 0 bridgehead atoms. The number of nitrogens with zero attached hydrogens (tertiary/aromatic N) is 2. The van der Waals surface area contributed by atoms with Crippen molar-refractivity contribution in [2.45, 2.75) is 11.5 Å². The summed E-state index contributed by atoms with van der Waals surface area (Å²) in [6, 6.07) is 0. The molecule has 2 aromatic heterocycles. The Morgan fingerprint density at radius 2 is 2.29 bits per heavy atom. The molecule has 0 spiro atoms. The number of rotatable bonds is 8. The fourth-order valence-corrected chi connectivity index (χ4v) is 3.74. The van der Waals surface area contributed by atoms with E-state index in [1.165, 1.54) is 15.7 Å². The third-order valence-corrected chi connectivity index (χ3v) is 4.73. The highest BCUT2D eigenvalue weighted by Crippen LogP contribution is 2.24. The second-order valence-electron chi connectivity index (χ2n) is 3.93. The van der Waals surface area contributed by atoms with Gasteiger partial charge in [-0.1, -0.05) is 0 Å². The summed E-state index contributed by atoms with van der Waals surface area (Å²) in [6.45, 7) is -0.954. The lowest BCUT2D eigenvalue weighted by atomic mass is 10.7. The van der Waals surface area contributed by atoms with Crippen LogP contribution in [0.15, 0.2) is 16.6 Å². The maximum absolute atomic E-state index is 12.3. The van der Waals surface area contributed by atoms with E-state index in [1.807, 2.05) is 0 Å². The largest absolute Gasteiger partial charge is 0.374 e. The number of fused-ring (bicyclic) bond motifs is 1. The zero-order valence-electron chi connectivity index (χ0n) is 11.0. The zero-order valence-corrected chi connectivity index (χ0v) is 12.7. The normalized spacial score (nSPS) is 12.4. The molecule has 0 aliphatic heterocycles. The second-order valence-corrected chi connectivity index (χ2v) is 6.49. The zero-order chi connectivity index (χ0) is 15.5. The minimum Gasteiger partial charge on any atom is -0.374 e. The van der Waals surface area contributed by atoms with Crippen molar-refractivity contribution < 1.29 is 21.9 Å². The summed E-state index contributed by atoms with van der Waals surface area (Å²) in [5.41, 5.74) is 0. The Bertz CT molecular complexity index is 698. The highest BCUT2D eigenvalue weighted by atomic mass is 32.2. The lowest BCUT2D eigenvalue weighted by molar-refractivity contribution is 0.0199. The van der Waals surface area contributed by atoms with Gasteiger partial charge >= 0.3 is 0 Å². The van der Waals surface area contributed by atoms with Crippen molar-refractivity contribution in [1.82, 2.24) is 14.1 Å². The van der Waals surface area contributed by atoms with Gasteiger partial charge in [0.2, 0.25) is 0 Å². The lowest BCUT2D eigenvalue weighted by Crippen LogP contribution is -2.29. The van der Waals surface area contributed by atoms with Crippen molar-refractivity contribution in [3.63, 3.8) is 0 Å². The molecule has 0 aliphatic carbocycles. The lowest BCUT2D eigenvalue weighted by Gasteiger charge is -2.08. The van der Waals surface area contributed by atoms with Gasteiger partial charge in [0, 0.05) is 25.2 Å². The number of anilines is 1. The Kier molecular flexibility index (Phi) is 5.08. The number of imidazole rings is 1. The number of ether oxygens (including phenoxy) is 1. The molecule has 0 aliphatic rings. The van der Waals surface area contributed by atoms with Crippen LogP contribution in [-0.2, 0) is 14.8 Å². The maximum Gasteiger partial charge on any atom is 0.261 e. The van der Waals surface area contributed by atoms with Crippen molar-refractivity contribution in [1.29, 1.82) is 0 Å². The molecule has 0 radical (unpaired) electrons. The minimum absolute atomic E-state index is 0.0184. The average molecular weight is 340 g/mol. The van der Waals surface area contributed by atoms with Gasteiger partial charge in [-0.05, 0) is 0 Å². The van der Waals surface area contributed by atoms with Crippen LogP contribution in [0.2, 0.25) is 0 Å². The Hall–Kier alpha value is -1.30. The molecule has 21 heavy (non-hydrogen) atoms. The Labute approximate surface area is 124 Å². The first-order valence-corrected chi connectivity index (χ1v) is 8.31. The van der Waals surface area contributed by atoms with Crippen LogP contribution in [-0.4, -0.2) is 51.0 Å². The quantitative estimate of drug-likeness (QED) is 0.700. The highest BCUT2D eigenvalue weighted by molar-refractivity contribution is 7.89. The molecule has 2 N–H and O–H groups in total. The first kappa shape index (κ1) is 16.1. The number of hydrogen-bond donors (Lipinski definition) is 2. The third kappa shape index (κ3) is 3.67. The molecule has 2 heterocycles. The van der Waals surface area contributed by atoms with Gasteiger partial charge in [0.15, 0.2) is 15.8 Å². The van der Waals surface area contributed by atoms with E-state index in [9.17, 15) is 17.2 Å². The van der Waals surface area contributed by atoms with Gasteiger partial charge in [0.05, 0.1) is 6.61 Å². The van der Waals surface area contributed by atoms with Crippen molar-refractivity contribution in [2.24, 2.45) is 0 Å². The Morgan fingerprint density at radius 3 is 2.95 bits per heavy atom. The van der Waals surface area contributed by atoms with Gasteiger partial charge in [-0.3, -0.25) is 4.40 Å². The number of alkyl halides is 2. The van der Waals surface area contributed by atoms with E-state index in [2.05, 4.69) is 19.8 Å². The predicted octanol–water partition coefficient (Wildman–Crippen LogP) is 0.997. The smallest absolute Gasteiger partial charge is 0.261 e. The minimum atomic E-state index is -3.83. The number of sulfonamides is 1. The summed E-state index contributed by atoms with van der Waals surface area (Å²) in [7, 11) is -2.26. The van der Waals surface area contributed by atoms with Gasteiger partial charge < -0.3 is 10.1 Å². The molecular weight excluding hydrogens is 326 g/mol. The number of hydrogen-bond acceptors (Lipinski definition) is 6. The Balaban J connectivity index is 2.09. The molecular formula is C10H14F2N4O3S2. The summed E-state index contributed by atoms with van der Waals surface area (Å²) >= 11 is 1.30. The van der Waals surface area contributed by atoms with E-state index in [-0.39, 0.29) is 24.0 Å². The molecule has 11 heteroatoms. The fourth-order valence-electron chi connectivity index (χ4n) is 1.67. The summed E-state index contributed by atoms with van der Waals surface area (Å²) in [4.78, 5) is 4.68. The van der Waals surface area contributed by atoms with Crippen molar-refractivity contribution in [3.8, 4) is 0 Å². The monoisotopic (exact) mass is 340 g/mol. The number of halogens is 2. The SMILES string of the molecule is CNc1nc2sccn2c1S(=O)(=O)NCCOCC(F)F. The number of nitrogens with one attached hydrogen (secondary N) is 2. The van der Waals surface area contributed by atoms with Gasteiger partial charge in [-0.15, -0.1) is 11.3 Å². The molecule has 2 rings (SSSR count). The molecule has 0 atom stereocenters. The van der Waals surface area contributed by atoms with Crippen LogP contribution in [0.25, 0.3) is 4.96 Å². The van der Waals surface area contributed by atoms with Crippen LogP contribution in [0, 0.1) is 0 Å². The highest BCUT2D eigenvalue weighted by Gasteiger charge is 2.25. The van der Waals surface area contributed by atoms with Crippen molar-refractivity contribution in [2.75, 3.05) is 32.1 Å². The van der Waals surface area contributed by atoms with E-state index >= 15 is 0 Å². The molecule has 118 valence electrons. The Morgan fingerprint density at radius 1 is 1.52 bits per heavy atom. The van der Waals surface area contributed by atoms with Crippen LogP contribution in [0.5, 0.6) is 0 Å². The summed E-state index contributed by atoms with van der Waals surface area (Å²) < 4.78 is 56.7. The van der Waals surface area contributed by atoms with Crippen molar-refractivity contribution >= 4 is 32.1 Å². The standard InChI is InChI=1S/C10H14F2N4O3S2/c1-13-8-9(16-3-5-20-10(16)15-8)21(17,18)14-2-4-19-6-7(11)12/h3,5,7,13-14H,2,4,6H2,1H3. The topological polar surface area (TPSA) is 84.7 Å². The first-order chi connectivity index (χ1) is 9.95. The van der Waals surface area contributed by atoms with Gasteiger partial charge in [-0.2, -0.15) is 0 Å². The molecule has 0 aromatic carbocycles. The van der Waals surface area contributed by atoms with Gasteiger partial charge in [-0.25, -0.2) is 26.9 Å². The van der Waals surface area contributed by atoms with Crippen molar-refractivity contribution in [3.05, 3.63) is 11.6 Å². The number of thiazole rings is 1. The van der Waals surface area contributed by atoms with E-state index in [1.54, 1.807) is 18.6 Å². The molecule has 0 unspecified atom stereocenters. The second kappa shape index (κ2) is 6.64. The molecule has 7 nitrogen and oxygen atoms in total.